The van der Waals surface area contributed by atoms with Gasteiger partial charge in [0.15, 0.2) is 0 Å². The molecule has 0 aromatic heterocycles. The minimum atomic E-state index is 0.607. The van der Waals surface area contributed by atoms with Gasteiger partial charge in [0.05, 0.1) is 0 Å². The summed E-state index contributed by atoms with van der Waals surface area (Å²) in [5.74, 6) is 0.893. The summed E-state index contributed by atoms with van der Waals surface area (Å²) in [4.78, 5) is 0. The molecule has 2 aliphatic rings. The zero-order valence-electron chi connectivity index (χ0n) is 11.5. The van der Waals surface area contributed by atoms with E-state index in [-0.39, 0.29) is 0 Å². The van der Waals surface area contributed by atoms with Crippen LogP contribution < -0.4 is 5.32 Å². The van der Waals surface area contributed by atoms with Crippen molar-refractivity contribution >= 4 is 0 Å². The van der Waals surface area contributed by atoms with Crippen molar-refractivity contribution in [2.75, 3.05) is 13.1 Å². The van der Waals surface area contributed by atoms with Gasteiger partial charge in [0.2, 0.25) is 0 Å². The van der Waals surface area contributed by atoms with Crippen LogP contribution in [0, 0.1) is 11.3 Å². The summed E-state index contributed by atoms with van der Waals surface area (Å²) in [6.45, 7) is 4.80. The molecule has 2 unspecified atom stereocenters. The molecule has 18 heavy (non-hydrogen) atoms. The van der Waals surface area contributed by atoms with Crippen LogP contribution in [0.3, 0.4) is 0 Å². The fourth-order valence-electron chi connectivity index (χ4n) is 4.18. The molecule has 98 valence electrons. The fourth-order valence-corrected chi connectivity index (χ4v) is 4.18. The third-order valence-electron chi connectivity index (χ3n) is 5.25. The zero-order chi connectivity index (χ0) is 12.4. The third-order valence-corrected chi connectivity index (χ3v) is 5.25. The van der Waals surface area contributed by atoms with Crippen molar-refractivity contribution in [3.63, 3.8) is 0 Å². The molecule has 1 N–H and O–H groups in total. The summed E-state index contributed by atoms with van der Waals surface area (Å²) in [5.41, 5.74) is 3.85. The molecular weight excluding hydrogens is 218 g/mol. The Balaban J connectivity index is 1.86. The first kappa shape index (κ1) is 12.2. The quantitative estimate of drug-likeness (QED) is 0.837. The molecule has 1 heteroatoms. The van der Waals surface area contributed by atoms with Crippen molar-refractivity contribution in [3.05, 3.63) is 35.4 Å². The predicted molar refractivity (Wildman–Crippen MR) is 76.8 cm³/mol. The summed E-state index contributed by atoms with van der Waals surface area (Å²) in [7, 11) is 0. The molecule has 2 atom stereocenters. The standard InChI is InChI=1S/C17H25N/c1-2-5-16-13-18-11-10-17(16)9-8-14-6-3-4-7-15(14)12-17/h3-4,6-7,16,18H,2,5,8-13H2,1H3. The Labute approximate surface area is 111 Å². The molecule has 1 heterocycles. The van der Waals surface area contributed by atoms with E-state index in [4.69, 9.17) is 0 Å². The Morgan fingerprint density at radius 1 is 1.22 bits per heavy atom. The van der Waals surface area contributed by atoms with Crippen molar-refractivity contribution < 1.29 is 0 Å². The molecule has 1 saturated heterocycles. The van der Waals surface area contributed by atoms with Gasteiger partial charge < -0.3 is 5.32 Å². The molecule has 0 bridgehead atoms. The van der Waals surface area contributed by atoms with Gasteiger partial charge in [0.1, 0.15) is 0 Å². The minimum Gasteiger partial charge on any atom is -0.316 e. The number of rotatable bonds is 2. The minimum absolute atomic E-state index is 0.607. The molecule has 1 aliphatic heterocycles. The molecule has 1 aliphatic carbocycles. The largest absolute Gasteiger partial charge is 0.316 e. The van der Waals surface area contributed by atoms with Crippen LogP contribution in [0.5, 0.6) is 0 Å². The van der Waals surface area contributed by atoms with Crippen LogP contribution in [-0.4, -0.2) is 13.1 Å². The van der Waals surface area contributed by atoms with Crippen LogP contribution in [0.4, 0.5) is 0 Å². The average molecular weight is 243 g/mol. The van der Waals surface area contributed by atoms with Crippen LogP contribution in [0.2, 0.25) is 0 Å². The fraction of sp³-hybridized carbons (Fsp3) is 0.647. The van der Waals surface area contributed by atoms with Crippen LogP contribution in [0.15, 0.2) is 24.3 Å². The van der Waals surface area contributed by atoms with E-state index >= 15 is 0 Å². The molecule has 0 saturated carbocycles. The molecular formula is C17H25N. The maximum atomic E-state index is 3.62. The van der Waals surface area contributed by atoms with E-state index in [1.807, 2.05) is 0 Å². The Kier molecular flexibility index (Phi) is 3.43. The lowest BCUT2D eigenvalue weighted by Gasteiger charge is -2.48. The molecule has 1 aromatic carbocycles. The van der Waals surface area contributed by atoms with Crippen molar-refractivity contribution in [2.45, 2.75) is 45.4 Å². The van der Waals surface area contributed by atoms with Gasteiger partial charge >= 0.3 is 0 Å². The lowest BCUT2D eigenvalue weighted by Crippen LogP contribution is -2.48. The van der Waals surface area contributed by atoms with E-state index in [0.29, 0.717) is 5.41 Å². The van der Waals surface area contributed by atoms with Gasteiger partial charge in [-0.15, -0.1) is 0 Å². The van der Waals surface area contributed by atoms with E-state index in [9.17, 15) is 0 Å². The summed E-state index contributed by atoms with van der Waals surface area (Å²) < 4.78 is 0. The molecule has 3 rings (SSSR count). The maximum absolute atomic E-state index is 3.62. The highest BCUT2D eigenvalue weighted by molar-refractivity contribution is 5.31. The first-order chi connectivity index (χ1) is 8.84. The number of hydrogen-bond donors (Lipinski definition) is 1. The highest BCUT2D eigenvalue weighted by Crippen LogP contribution is 2.46. The Hall–Kier alpha value is -0.820. The first-order valence-corrected chi connectivity index (χ1v) is 7.61. The van der Waals surface area contributed by atoms with Crippen LogP contribution in [0.25, 0.3) is 0 Å². The van der Waals surface area contributed by atoms with Gasteiger partial charge in [0.25, 0.3) is 0 Å². The van der Waals surface area contributed by atoms with Crippen LogP contribution in [0.1, 0.15) is 43.7 Å². The van der Waals surface area contributed by atoms with E-state index in [1.54, 1.807) is 11.1 Å². The second kappa shape index (κ2) is 5.05. The number of piperidine rings is 1. The smallest absolute Gasteiger partial charge is 0.00151 e. The predicted octanol–water partition coefficient (Wildman–Crippen LogP) is 3.57. The van der Waals surface area contributed by atoms with Crippen molar-refractivity contribution in [1.29, 1.82) is 0 Å². The second-order valence-corrected chi connectivity index (χ2v) is 6.25. The van der Waals surface area contributed by atoms with Gasteiger partial charge in [-0.25, -0.2) is 0 Å². The normalized spacial score (nSPS) is 31.3. The lowest BCUT2D eigenvalue weighted by atomic mass is 9.60. The van der Waals surface area contributed by atoms with Crippen molar-refractivity contribution in [3.8, 4) is 0 Å². The van der Waals surface area contributed by atoms with E-state index < -0.39 is 0 Å². The Morgan fingerprint density at radius 3 is 2.89 bits per heavy atom. The van der Waals surface area contributed by atoms with Gasteiger partial charge in [-0.1, -0.05) is 37.6 Å². The lowest BCUT2D eigenvalue weighted by molar-refractivity contribution is 0.0808. The highest BCUT2D eigenvalue weighted by Gasteiger charge is 2.41. The summed E-state index contributed by atoms with van der Waals surface area (Å²) in [6.07, 6.45) is 8.15. The van der Waals surface area contributed by atoms with Crippen molar-refractivity contribution in [1.82, 2.24) is 5.32 Å². The molecule has 0 radical (unpaired) electrons. The third kappa shape index (κ3) is 2.09. The number of aryl methyl sites for hydroxylation is 1. The number of fused-ring (bicyclic) bond motifs is 1. The van der Waals surface area contributed by atoms with Crippen LogP contribution >= 0.6 is 0 Å². The SMILES string of the molecule is CCCC1CNCCC12CCc1ccccc1C2. The topological polar surface area (TPSA) is 12.0 Å². The van der Waals surface area contributed by atoms with Gasteiger partial charge in [0, 0.05) is 0 Å². The molecule has 1 spiro atoms. The summed E-state index contributed by atoms with van der Waals surface area (Å²) >= 11 is 0. The van der Waals surface area contributed by atoms with Crippen molar-refractivity contribution in [2.24, 2.45) is 11.3 Å². The number of nitrogens with one attached hydrogen (secondary N) is 1. The summed E-state index contributed by atoms with van der Waals surface area (Å²) in [6, 6.07) is 9.11. The highest BCUT2D eigenvalue weighted by atomic mass is 14.9. The second-order valence-electron chi connectivity index (χ2n) is 6.25. The van der Waals surface area contributed by atoms with Gasteiger partial charge in [-0.2, -0.15) is 0 Å². The monoisotopic (exact) mass is 243 g/mol. The molecule has 1 fully saturated rings. The zero-order valence-corrected chi connectivity index (χ0v) is 11.5. The number of hydrogen-bond acceptors (Lipinski definition) is 1. The molecule has 1 aromatic rings. The number of benzene rings is 1. The Bertz CT molecular complexity index is 410. The molecule has 1 nitrogen and oxygen atoms in total. The maximum Gasteiger partial charge on any atom is -0.00151 e. The Morgan fingerprint density at radius 2 is 2.06 bits per heavy atom. The molecule has 0 amide bonds. The van der Waals surface area contributed by atoms with E-state index in [2.05, 4.69) is 36.5 Å². The van der Waals surface area contributed by atoms with Gasteiger partial charge in [-0.3, -0.25) is 0 Å². The first-order valence-electron chi connectivity index (χ1n) is 7.61. The van der Waals surface area contributed by atoms with Gasteiger partial charge in [-0.05, 0) is 67.7 Å². The summed E-state index contributed by atoms with van der Waals surface area (Å²) in [5, 5.41) is 3.62. The van der Waals surface area contributed by atoms with E-state index in [0.717, 1.165) is 5.92 Å². The van der Waals surface area contributed by atoms with Crippen LogP contribution in [-0.2, 0) is 12.8 Å². The average Bonchev–Trinajstić information content (AvgIpc) is 2.42. The van der Waals surface area contributed by atoms with E-state index in [1.165, 1.54) is 51.6 Å².